The van der Waals surface area contributed by atoms with E-state index < -0.39 is 0 Å². The summed E-state index contributed by atoms with van der Waals surface area (Å²) in [6.45, 7) is 7.08. The Bertz CT molecular complexity index is 811. The highest BCUT2D eigenvalue weighted by Gasteiger charge is 2.34. The van der Waals surface area contributed by atoms with Crippen LogP contribution in [-0.4, -0.2) is 16.8 Å². The van der Waals surface area contributed by atoms with Crippen LogP contribution in [-0.2, 0) is 17.8 Å². The van der Waals surface area contributed by atoms with Crippen molar-refractivity contribution in [1.82, 2.24) is 4.90 Å². The number of rotatable bonds is 6. The van der Waals surface area contributed by atoms with Gasteiger partial charge in [0.1, 0.15) is 0 Å². The molecule has 4 rings (SSSR count). The van der Waals surface area contributed by atoms with Crippen LogP contribution >= 0.6 is 0 Å². The van der Waals surface area contributed by atoms with E-state index in [1.807, 2.05) is 6.07 Å². The molecule has 1 radical (unpaired) electrons. The molecule has 1 amide bonds. The first kappa shape index (κ1) is 22.3. The number of allylic oxidation sites excluding steroid dienone is 2. The third-order valence-electron chi connectivity index (χ3n) is 6.51. The quantitative estimate of drug-likeness (QED) is 0.531. The van der Waals surface area contributed by atoms with Gasteiger partial charge < -0.3 is 4.90 Å². The molecule has 2 nitrogen and oxygen atoms in total. The Morgan fingerprint density at radius 2 is 1.57 bits per heavy atom. The van der Waals surface area contributed by atoms with Gasteiger partial charge in [-0.05, 0) is 35.8 Å². The number of hydrogen-bond acceptors (Lipinski definition) is 1. The molecule has 1 unspecified atom stereocenters. The molecular weight excluding hydrogens is 366 g/mol. The normalized spacial score (nSPS) is 22.4. The molecule has 0 heterocycles. The maximum atomic E-state index is 12.1. The van der Waals surface area contributed by atoms with Crippen LogP contribution in [0.5, 0.6) is 0 Å². The fourth-order valence-electron chi connectivity index (χ4n) is 4.77. The number of hydrogen-bond donors (Lipinski definition) is 0. The smallest absolute Gasteiger partial charge is 0.220 e. The number of benzene rings is 2. The molecule has 3 atom stereocenters. The van der Waals surface area contributed by atoms with Crippen LogP contribution in [0.3, 0.4) is 0 Å². The van der Waals surface area contributed by atoms with Crippen LogP contribution in [0.15, 0.2) is 72.3 Å². The summed E-state index contributed by atoms with van der Waals surface area (Å²) in [5.74, 6) is 1.60. The molecule has 2 aromatic carbocycles. The average Bonchev–Trinajstić information content (AvgIpc) is 3.58. The topological polar surface area (TPSA) is 20.3 Å². The van der Waals surface area contributed by atoms with Crippen molar-refractivity contribution in [3.8, 4) is 0 Å². The second-order valence-corrected chi connectivity index (χ2v) is 8.75. The van der Waals surface area contributed by atoms with E-state index in [1.54, 1.807) is 6.92 Å². The molecule has 30 heavy (non-hydrogen) atoms. The molecule has 2 heteroatoms. The highest BCUT2D eigenvalue weighted by atomic mass is 16.2. The fourth-order valence-corrected chi connectivity index (χ4v) is 4.77. The third kappa shape index (κ3) is 6.58. The molecule has 1 fully saturated rings. The molecule has 159 valence electrons. The van der Waals surface area contributed by atoms with Gasteiger partial charge in [-0.25, -0.2) is 0 Å². The highest BCUT2D eigenvalue weighted by Crippen LogP contribution is 2.36. The van der Waals surface area contributed by atoms with Gasteiger partial charge in [0.25, 0.3) is 0 Å². The number of carbonyl (C=O) groups is 1. The van der Waals surface area contributed by atoms with Crippen LogP contribution in [0.2, 0.25) is 0 Å². The summed E-state index contributed by atoms with van der Waals surface area (Å²) >= 11 is 0. The first-order valence-electron chi connectivity index (χ1n) is 11.5. The van der Waals surface area contributed by atoms with E-state index in [-0.39, 0.29) is 5.91 Å². The maximum Gasteiger partial charge on any atom is 0.220 e. The van der Waals surface area contributed by atoms with E-state index in [0.717, 1.165) is 25.3 Å². The Kier molecular flexibility index (Phi) is 8.30. The zero-order chi connectivity index (χ0) is 21.3. The summed E-state index contributed by atoms with van der Waals surface area (Å²) in [6.07, 6.45) is 10.3. The van der Waals surface area contributed by atoms with Crippen molar-refractivity contribution in [2.75, 3.05) is 0 Å². The SMILES string of the molecule is CC[C@@H]1C(C)CCC[C@H]1N(Cc1ccccc1)C(C)=O.[CH]1C=C1Cc1ccccc1. The Labute approximate surface area is 183 Å². The fraction of sp³-hybridized carbons (Fsp3) is 0.429. The molecule has 0 spiro atoms. The summed E-state index contributed by atoms with van der Waals surface area (Å²) in [6, 6.07) is 21.3. The first-order chi connectivity index (χ1) is 14.6. The minimum atomic E-state index is 0.214. The van der Waals surface area contributed by atoms with E-state index in [0.29, 0.717) is 12.0 Å². The maximum absolute atomic E-state index is 12.1. The van der Waals surface area contributed by atoms with Gasteiger partial charge in [0.15, 0.2) is 0 Å². The van der Waals surface area contributed by atoms with Gasteiger partial charge >= 0.3 is 0 Å². The summed E-state index contributed by atoms with van der Waals surface area (Å²) in [5.41, 5.74) is 4.10. The predicted octanol–water partition coefficient (Wildman–Crippen LogP) is 6.62. The van der Waals surface area contributed by atoms with Gasteiger partial charge in [-0.2, -0.15) is 0 Å². The van der Waals surface area contributed by atoms with Gasteiger partial charge in [-0.3, -0.25) is 4.79 Å². The molecule has 0 aliphatic heterocycles. The molecule has 2 aliphatic rings. The lowest BCUT2D eigenvalue weighted by molar-refractivity contribution is -0.134. The van der Waals surface area contributed by atoms with Crippen molar-refractivity contribution >= 4 is 5.91 Å². The van der Waals surface area contributed by atoms with E-state index in [2.05, 4.69) is 85.8 Å². The molecule has 0 N–H and O–H groups in total. The van der Waals surface area contributed by atoms with Gasteiger partial charge in [0.2, 0.25) is 5.91 Å². The molecule has 0 aromatic heterocycles. The van der Waals surface area contributed by atoms with E-state index >= 15 is 0 Å². The monoisotopic (exact) mass is 402 g/mol. The number of amides is 1. The van der Waals surface area contributed by atoms with Crippen molar-refractivity contribution in [3.05, 3.63) is 89.9 Å². The Hall–Kier alpha value is -2.35. The van der Waals surface area contributed by atoms with Crippen LogP contribution < -0.4 is 0 Å². The zero-order valence-electron chi connectivity index (χ0n) is 18.8. The molecule has 0 saturated heterocycles. The van der Waals surface area contributed by atoms with Crippen LogP contribution in [0.4, 0.5) is 0 Å². The van der Waals surface area contributed by atoms with Crippen LogP contribution in [0.1, 0.15) is 57.6 Å². The van der Waals surface area contributed by atoms with Gasteiger partial charge in [-0.15, -0.1) is 0 Å². The molecule has 1 saturated carbocycles. The largest absolute Gasteiger partial charge is 0.335 e. The lowest BCUT2D eigenvalue weighted by atomic mass is 9.74. The summed E-state index contributed by atoms with van der Waals surface area (Å²) in [7, 11) is 0. The minimum absolute atomic E-state index is 0.214. The van der Waals surface area contributed by atoms with Crippen molar-refractivity contribution in [1.29, 1.82) is 0 Å². The van der Waals surface area contributed by atoms with Crippen molar-refractivity contribution < 1.29 is 4.79 Å². The second kappa shape index (κ2) is 11.2. The summed E-state index contributed by atoms with van der Waals surface area (Å²) in [4.78, 5) is 14.3. The highest BCUT2D eigenvalue weighted by molar-refractivity contribution is 5.73. The van der Waals surface area contributed by atoms with Crippen molar-refractivity contribution in [2.24, 2.45) is 11.8 Å². The van der Waals surface area contributed by atoms with Crippen LogP contribution in [0, 0.1) is 18.3 Å². The van der Waals surface area contributed by atoms with Crippen LogP contribution in [0.25, 0.3) is 0 Å². The predicted molar refractivity (Wildman–Crippen MR) is 126 cm³/mol. The van der Waals surface area contributed by atoms with E-state index in [9.17, 15) is 4.79 Å². The first-order valence-corrected chi connectivity index (χ1v) is 11.5. The summed E-state index contributed by atoms with van der Waals surface area (Å²) in [5, 5.41) is 0. The number of carbonyl (C=O) groups excluding carboxylic acids is 1. The van der Waals surface area contributed by atoms with E-state index in [4.69, 9.17) is 0 Å². The van der Waals surface area contributed by atoms with Crippen molar-refractivity contribution in [3.63, 3.8) is 0 Å². The zero-order valence-corrected chi connectivity index (χ0v) is 18.8. The van der Waals surface area contributed by atoms with Gasteiger partial charge in [-0.1, -0.05) is 105 Å². The van der Waals surface area contributed by atoms with Crippen molar-refractivity contribution in [2.45, 2.75) is 65.5 Å². The lowest BCUT2D eigenvalue weighted by Gasteiger charge is -2.42. The average molecular weight is 403 g/mol. The summed E-state index contributed by atoms with van der Waals surface area (Å²) < 4.78 is 0. The van der Waals surface area contributed by atoms with Gasteiger partial charge in [0.05, 0.1) is 0 Å². The molecule has 0 bridgehead atoms. The molecule has 2 aliphatic carbocycles. The molecule has 2 aromatic rings. The standard InChI is InChI=1S/C18H27NO.C10H9/c1-4-17-14(2)9-8-12-18(17)19(15(3)20)13-16-10-6-5-7-11-16;1-2-4-9(5-3-1)8-10-6-7-10/h5-7,10-11,14,17-18H,4,8-9,12-13H2,1-3H3;1-7H,8H2/t14?,17-,18-;/m1./s1. The molecular formula is C28H36NO. The van der Waals surface area contributed by atoms with Gasteiger partial charge in [0, 0.05) is 25.9 Å². The lowest BCUT2D eigenvalue weighted by Crippen LogP contribution is -2.46. The Balaban J connectivity index is 0.000000212. The van der Waals surface area contributed by atoms with E-state index in [1.165, 1.54) is 36.0 Å². The Morgan fingerprint density at radius 1 is 0.967 bits per heavy atom. The minimum Gasteiger partial charge on any atom is -0.335 e. The second-order valence-electron chi connectivity index (χ2n) is 8.75. The number of nitrogens with zero attached hydrogens (tertiary/aromatic N) is 1. The third-order valence-corrected chi connectivity index (χ3v) is 6.51. The Morgan fingerprint density at radius 3 is 2.10 bits per heavy atom.